The Labute approximate surface area is 105 Å². The molecular weight excluding hydrogens is 236 g/mol. The monoisotopic (exact) mass is 252 g/mol. The van der Waals surface area contributed by atoms with Gasteiger partial charge < -0.3 is 10.3 Å². The molecule has 0 aromatic heterocycles. The fraction of sp³-hybridized carbons (Fsp3) is 0.364. The number of anilines is 1. The van der Waals surface area contributed by atoms with Gasteiger partial charge in [0.2, 0.25) is 0 Å². The first-order valence-corrected chi connectivity index (χ1v) is 5.60. The molecule has 0 bridgehead atoms. The van der Waals surface area contributed by atoms with Crippen molar-refractivity contribution < 1.29 is 9.72 Å². The lowest BCUT2D eigenvalue weighted by molar-refractivity contribution is -0.384. The zero-order valence-electron chi connectivity index (χ0n) is 10.3. The molecule has 0 radical (unpaired) electrons. The number of nitro groups is 1. The summed E-state index contributed by atoms with van der Waals surface area (Å²) in [6.07, 6.45) is 0. The summed E-state index contributed by atoms with van der Waals surface area (Å²) < 4.78 is 0. The molecule has 0 unspecified atom stereocenters. The first-order chi connectivity index (χ1) is 8.56. The molecule has 0 aliphatic rings. The van der Waals surface area contributed by atoms with E-state index in [0.717, 1.165) is 0 Å². The van der Waals surface area contributed by atoms with Crippen LogP contribution < -0.4 is 11.3 Å². The number of hydrogen-bond acceptors (Lipinski definition) is 5. The maximum Gasteiger partial charge on any atom is 0.306 e. The number of carbonyl (C=O) groups excluding carboxylic acids is 1. The number of nitro benzene ring substituents is 1. The molecule has 0 saturated heterocycles. The number of carbonyl (C=O) groups is 1. The Bertz CT molecular complexity index is 458. The van der Waals surface area contributed by atoms with Crippen molar-refractivity contribution in [3.8, 4) is 0 Å². The van der Waals surface area contributed by atoms with E-state index in [-0.39, 0.29) is 22.8 Å². The van der Waals surface area contributed by atoms with E-state index in [2.05, 4.69) is 5.43 Å². The fourth-order valence-electron chi connectivity index (χ4n) is 1.71. The van der Waals surface area contributed by atoms with Crippen molar-refractivity contribution in [2.24, 2.45) is 5.84 Å². The lowest BCUT2D eigenvalue weighted by atomic mass is 10.1. The quantitative estimate of drug-likeness (QED) is 0.468. The maximum absolute atomic E-state index is 12.2. The standard InChI is InChI=1S/C11H16N4O3/c1-3-14(4-2)11(16)8-6-5-7-9(13-12)10(8)15(17)18/h5-7,13H,3-4,12H2,1-2H3. The van der Waals surface area contributed by atoms with Crippen molar-refractivity contribution in [1.82, 2.24) is 4.90 Å². The van der Waals surface area contributed by atoms with Gasteiger partial charge in [0.25, 0.3) is 5.91 Å². The topological polar surface area (TPSA) is 102 Å². The molecule has 3 N–H and O–H groups in total. The van der Waals surface area contributed by atoms with Gasteiger partial charge in [-0.1, -0.05) is 6.07 Å². The molecule has 0 heterocycles. The fourth-order valence-corrected chi connectivity index (χ4v) is 1.71. The smallest absolute Gasteiger partial charge is 0.306 e. The van der Waals surface area contributed by atoms with Crippen molar-refractivity contribution >= 4 is 17.3 Å². The molecule has 0 aliphatic carbocycles. The number of nitrogens with zero attached hydrogens (tertiary/aromatic N) is 2. The Morgan fingerprint density at radius 1 is 1.44 bits per heavy atom. The second kappa shape index (κ2) is 5.97. The lowest BCUT2D eigenvalue weighted by Crippen LogP contribution is -2.31. The Hall–Kier alpha value is -2.15. The molecule has 7 nitrogen and oxygen atoms in total. The highest BCUT2D eigenvalue weighted by molar-refractivity contribution is 6.00. The summed E-state index contributed by atoms with van der Waals surface area (Å²) in [6.45, 7) is 4.62. The highest BCUT2D eigenvalue weighted by Crippen LogP contribution is 2.28. The van der Waals surface area contributed by atoms with Crippen molar-refractivity contribution in [2.75, 3.05) is 18.5 Å². The third kappa shape index (κ3) is 2.57. The lowest BCUT2D eigenvalue weighted by Gasteiger charge is -2.18. The number of amides is 1. The van der Waals surface area contributed by atoms with Crippen LogP contribution >= 0.6 is 0 Å². The zero-order chi connectivity index (χ0) is 13.7. The first kappa shape index (κ1) is 13.9. The third-order valence-electron chi connectivity index (χ3n) is 2.66. The number of rotatable bonds is 5. The van der Waals surface area contributed by atoms with Gasteiger partial charge in [-0.15, -0.1) is 0 Å². The number of hydrogen-bond donors (Lipinski definition) is 2. The number of hydrazine groups is 1. The molecule has 18 heavy (non-hydrogen) atoms. The molecule has 0 spiro atoms. The highest BCUT2D eigenvalue weighted by atomic mass is 16.6. The predicted molar refractivity (Wildman–Crippen MR) is 68.2 cm³/mol. The molecule has 98 valence electrons. The van der Waals surface area contributed by atoms with Gasteiger partial charge >= 0.3 is 5.69 Å². The van der Waals surface area contributed by atoms with Crippen LogP contribution in [0.25, 0.3) is 0 Å². The minimum absolute atomic E-state index is 0.0409. The summed E-state index contributed by atoms with van der Waals surface area (Å²) in [5.74, 6) is 4.85. The average Bonchev–Trinajstić information content (AvgIpc) is 2.38. The minimum Gasteiger partial charge on any atom is -0.339 e. The Morgan fingerprint density at radius 3 is 2.50 bits per heavy atom. The maximum atomic E-state index is 12.2. The van der Waals surface area contributed by atoms with Crippen LogP contribution in [-0.4, -0.2) is 28.8 Å². The first-order valence-electron chi connectivity index (χ1n) is 5.60. The molecule has 0 saturated carbocycles. The van der Waals surface area contributed by atoms with Gasteiger partial charge in [0, 0.05) is 13.1 Å². The van der Waals surface area contributed by atoms with Crippen LogP contribution in [0.15, 0.2) is 18.2 Å². The van der Waals surface area contributed by atoms with Gasteiger partial charge in [-0.3, -0.25) is 20.8 Å². The van der Waals surface area contributed by atoms with Crippen LogP contribution in [0.2, 0.25) is 0 Å². The molecule has 7 heteroatoms. The number of nitrogens with one attached hydrogen (secondary N) is 1. The molecular formula is C11H16N4O3. The van der Waals surface area contributed by atoms with E-state index in [9.17, 15) is 14.9 Å². The predicted octanol–water partition coefficient (Wildman–Crippen LogP) is 1.36. The number of nitrogens with two attached hydrogens (primary N) is 1. The molecule has 0 aliphatic heterocycles. The summed E-state index contributed by atoms with van der Waals surface area (Å²) in [4.78, 5) is 24.1. The molecule has 1 amide bonds. The average molecular weight is 252 g/mol. The third-order valence-corrected chi connectivity index (χ3v) is 2.66. The van der Waals surface area contributed by atoms with Gasteiger partial charge in [-0.25, -0.2) is 0 Å². The summed E-state index contributed by atoms with van der Waals surface area (Å²) in [7, 11) is 0. The van der Waals surface area contributed by atoms with E-state index >= 15 is 0 Å². The van der Waals surface area contributed by atoms with Gasteiger partial charge in [0.15, 0.2) is 0 Å². The van der Waals surface area contributed by atoms with E-state index < -0.39 is 4.92 Å². The zero-order valence-corrected chi connectivity index (χ0v) is 10.3. The normalized spacial score (nSPS) is 9.94. The van der Waals surface area contributed by atoms with Crippen LogP contribution in [0, 0.1) is 10.1 Å². The van der Waals surface area contributed by atoms with E-state index in [0.29, 0.717) is 13.1 Å². The van der Waals surface area contributed by atoms with E-state index in [4.69, 9.17) is 5.84 Å². The van der Waals surface area contributed by atoms with E-state index in [1.807, 2.05) is 13.8 Å². The van der Waals surface area contributed by atoms with Gasteiger partial charge in [0.05, 0.1) is 4.92 Å². The van der Waals surface area contributed by atoms with Crippen molar-refractivity contribution in [2.45, 2.75) is 13.8 Å². The summed E-state index contributed by atoms with van der Waals surface area (Å²) in [5.41, 5.74) is 2.10. The second-order valence-corrected chi connectivity index (χ2v) is 3.58. The second-order valence-electron chi connectivity index (χ2n) is 3.58. The van der Waals surface area contributed by atoms with Crippen LogP contribution in [0.4, 0.5) is 11.4 Å². The van der Waals surface area contributed by atoms with Crippen molar-refractivity contribution in [1.29, 1.82) is 0 Å². The van der Waals surface area contributed by atoms with E-state index in [1.165, 1.54) is 17.0 Å². The minimum atomic E-state index is -0.605. The van der Waals surface area contributed by atoms with Crippen LogP contribution in [-0.2, 0) is 0 Å². The van der Waals surface area contributed by atoms with Crippen LogP contribution in [0.5, 0.6) is 0 Å². The molecule has 1 aromatic rings. The highest BCUT2D eigenvalue weighted by Gasteiger charge is 2.26. The molecule has 0 fully saturated rings. The summed E-state index contributed by atoms with van der Waals surface area (Å²) in [5, 5.41) is 11.0. The number of nitrogen functional groups attached to an aromatic ring is 1. The summed E-state index contributed by atoms with van der Waals surface area (Å²) >= 11 is 0. The van der Waals surface area contributed by atoms with Crippen LogP contribution in [0.1, 0.15) is 24.2 Å². The van der Waals surface area contributed by atoms with Crippen LogP contribution in [0.3, 0.4) is 0 Å². The SMILES string of the molecule is CCN(CC)C(=O)c1cccc(NN)c1[N+](=O)[O-]. The molecule has 1 aromatic carbocycles. The van der Waals surface area contributed by atoms with Crippen molar-refractivity contribution in [3.63, 3.8) is 0 Å². The Morgan fingerprint density at radius 2 is 2.06 bits per heavy atom. The molecule has 0 atom stereocenters. The Balaban J connectivity index is 3.31. The van der Waals surface area contributed by atoms with Gasteiger partial charge in [-0.05, 0) is 26.0 Å². The van der Waals surface area contributed by atoms with Gasteiger partial charge in [0.1, 0.15) is 11.3 Å². The number of benzene rings is 1. The van der Waals surface area contributed by atoms with E-state index in [1.54, 1.807) is 6.07 Å². The largest absolute Gasteiger partial charge is 0.339 e. The van der Waals surface area contributed by atoms with Crippen molar-refractivity contribution in [3.05, 3.63) is 33.9 Å². The Kier molecular flexibility index (Phi) is 4.61. The number of para-hydroxylation sites is 1. The van der Waals surface area contributed by atoms with Gasteiger partial charge in [-0.2, -0.15) is 0 Å². The molecule has 1 rings (SSSR count). The summed E-state index contributed by atoms with van der Waals surface area (Å²) in [6, 6.07) is 4.44.